The van der Waals surface area contributed by atoms with Gasteiger partial charge in [0.2, 0.25) is 8.32 Å². The average molecular weight is 804 g/mol. The Balaban J connectivity index is 2.44. The van der Waals surface area contributed by atoms with Gasteiger partial charge in [-0.15, -0.1) is 0 Å². The number of halogens is 2. The lowest BCUT2D eigenvalue weighted by molar-refractivity contribution is -0.171. The molecule has 8 nitrogen and oxygen atoms in total. The van der Waals surface area contributed by atoms with Crippen LogP contribution in [-0.2, 0) is 23.8 Å². The molecule has 1 aromatic carbocycles. The smallest absolute Gasteiger partial charge is 0.415 e. The van der Waals surface area contributed by atoms with E-state index in [9.17, 15) is 14.4 Å². The van der Waals surface area contributed by atoms with Gasteiger partial charge in [0.1, 0.15) is 17.9 Å². The molecule has 2 aliphatic rings. The van der Waals surface area contributed by atoms with Gasteiger partial charge in [-0.1, -0.05) is 39.5 Å². The monoisotopic (exact) mass is 803 g/mol. The maximum atomic E-state index is 13.3. The first-order valence-electron chi connectivity index (χ1n) is 13.1. The van der Waals surface area contributed by atoms with Crippen LogP contribution in [0.5, 0.6) is 5.75 Å². The van der Waals surface area contributed by atoms with Gasteiger partial charge in [0.15, 0.2) is 6.10 Å². The lowest BCUT2D eigenvalue weighted by atomic mass is 9.67. The molecule has 0 bridgehead atoms. The standard InChI is InChI=1S/C30H35I2NO7Si/c1-17-25-24(13-15-32)33(29(36)37-7)23-11-10-20(40-41(8,9)30(4,5)6)16-22(23)26(25)21(12-14-31)28(39-19(3)35)27(17)38-18(2)34/h10-11,16-17,21,24,27-28H,1-9H3/t17-,21+,24+,27+,28-/m1/s1. The van der Waals surface area contributed by atoms with Crippen LogP contribution in [0.4, 0.5) is 10.5 Å². The van der Waals surface area contributed by atoms with Crippen molar-refractivity contribution < 1.29 is 33.0 Å². The van der Waals surface area contributed by atoms with E-state index in [-0.39, 0.29) is 5.04 Å². The topological polar surface area (TPSA) is 91.4 Å². The van der Waals surface area contributed by atoms with Crippen molar-refractivity contribution in [2.75, 3.05) is 12.0 Å². The van der Waals surface area contributed by atoms with Crippen molar-refractivity contribution in [2.45, 2.75) is 77.9 Å². The van der Waals surface area contributed by atoms with Crippen LogP contribution >= 0.6 is 45.2 Å². The molecule has 41 heavy (non-hydrogen) atoms. The van der Waals surface area contributed by atoms with Crippen LogP contribution in [0.1, 0.15) is 47.1 Å². The molecule has 0 N–H and O–H groups in total. The number of carbonyl (C=O) groups excluding carboxylic acids is 3. The van der Waals surface area contributed by atoms with E-state index < -0.39 is 56.4 Å². The van der Waals surface area contributed by atoms with E-state index in [0.29, 0.717) is 17.0 Å². The number of methoxy groups -OCH3 is 1. The normalized spacial score (nSPS) is 23.5. The Morgan fingerprint density at radius 3 is 2.07 bits per heavy atom. The summed E-state index contributed by atoms with van der Waals surface area (Å²) in [5.74, 6) is 4.83. The van der Waals surface area contributed by atoms with Gasteiger partial charge in [-0.05, 0) is 55.3 Å². The van der Waals surface area contributed by atoms with Crippen molar-refractivity contribution in [3.8, 4) is 25.4 Å². The average Bonchev–Trinajstić information content (AvgIpc) is 2.86. The van der Waals surface area contributed by atoms with Crippen molar-refractivity contribution in [2.24, 2.45) is 11.8 Å². The summed E-state index contributed by atoms with van der Waals surface area (Å²) >= 11 is 3.88. The fourth-order valence-corrected chi connectivity index (χ4v) is 6.74. The van der Waals surface area contributed by atoms with Gasteiger partial charge in [-0.25, -0.2) is 4.79 Å². The Morgan fingerprint density at radius 1 is 0.976 bits per heavy atom. The van der Waals surface area contributed by atoms with E-state index in [0.717, 1.165) is 11.1 Å². The number of hydrogen-bond donors (Lipinski definition) is 0. The summed E-state index contributed by atoms with van der Waals surface area (Å²) in [5.41, 5.74) is 2.79. The molecular formula is C30H35I2NO7Si. The highest BCUT2D eigenvalue weighted by atomic mass is 127. The van der Waals surface area contributed by atoms with E-state index in [1.54, 1.807) is 0 Å². The second-order valence-corrected chi connectivity index (χ2v) is 17.3. The number of rotatable bonds is 4. The Hall–Kier alpha value is -2.23. The van der Waals surface area contributed by atoms with Crippen LogP contribution in [0.3, 0.4) is 0 Å². The van der Waals surface area contributed by atoms with Crippen molar-refractivity contribution in [3.05, 3.63) is 29.3 Å². The quantitative estimate of drug-likeness (QED) is 0.110. The highest BCUT2D eigenvalue weighted by Gasteiger charge is 2.52. The summed E-state index contributed by atoms with van der Waals surface area (Å²) in [7, 11) is -0.896. The fraction of sp³-hybridized carbons (Fsp3) is 0.500. The lowest BCUT2D eigenvalue weighted by Crippen LogP contribution is -2.54. The van der Waals surface area contributed by atoms with Crippen molar-refractivity contribution in [3.63, 3.8) is 0 Å². The Morgan fingerprint density at radius 2 is 1.56 bits per heavy atom. The molecule has 1 aromatic rings. The van der Waals surface area contributed by atoms with E-state index >= 15 is 0 Å². The third-order valence-corrected chi connectivity index (χ3v) is 12.9. The molecule has 5 atom stereocenters. The Labute approximate surface area is 270 Å². The molecule has 0 spiro atoms. The number of hydrogen-bond acceptors (Lipinski definition) is 7. The summed E-state index contributed by atoms with van der Waals surface area (Å²) in [6, 6.07) is 4.86. The number of esters is 2. The summed E-state index contributed by atoms with van der Waals surface area (Å²) in [4.78, 5) is 39.4. The van der Waals surface area contributed by atoms with Gasteiger partial charge in [-0.2, -0.15) is 0 Å². The van der Waals surface area contributed by atoms with Crippen LogP contribution < -0.4 is 9.33 Å². The van der Waals surface area contributed by atoms with Crippen molar-refractivity contribution in [1.82, 2.24) is 0 Å². The van der Waals surface area contributed by atoms with E-state index in [2.05, 4.69) is 53.6 Å². The minimum atomic E-state index is -2.22. The number of nitrogens with zero attached hydrogens (tertiary/aromatic N) is 1. The molecule has 0 radical (unpaired) electrons. The first-order valence-corrected chi connectivity index (χ1v) is 18.2. The van der Waals surface area contributed by atoms with E-state index in [1.807, 2.05) is 70.3 Å². The summed E-state index contributed by atoms with van der Waals surface area (Å²) < 4.78 is 29.4. The number of ether oxygens (including phenoxy) is 3. The van der Waals surface area contributed by atoms with Crippen LogP contribution in [-0.4, -0.2) is 51.7 Å². The number of anilines is 1. The summed E-state index contributed by atoms with van der Waals surface area (Å²) in [6.07, 6.45) is -2.33. The predicted molar refractivity (Wildman–Crippen MR) is 177 cm³/mol. The zero-order chi connectivity index (χ0) is 30.9. The molecule has 0 saturated heterocycles. The maximum Gasteiger partial charge on any atom is 0.415 e. The van der Waals surface area contributed by atoms with Crippen LogP contribution in [0.2, 0.25) is 18.1 Å². The van der Waals surface area contributed by atoms with Gasteiger partial charge >= 0.3 is 18.0 Å². The molecule has 3 rings (SSSR count). The van der Waals surface area contributed by atoms with Gasteiger partial charge in [0.05, 0.1) is 18.7 Å². The maximum absolute atomic E-state index is 13.3. The lowest BCUT2D eigenvalue weighted by Gasteiger charge is -2.47. The van der Waals surface area contributed by atoms with Gasteiger partial charge in [0, 0.05) is 70.5 Å². The number of fused-ring (bicyclic) bond motifs is 2. The van der Waals surface area contributed by atoms with Gasteiger partial charge in [0.25, 0.3) is 0 Å². The number of amides is 1. The van der Waals surface area contributed by atoms with E-state index in [1.165, 1.54) is 25.9 Å². The molecule has 1 amide bonds. The fourth-order valence-electron chi connectivity index (χ4n) is 5.09. The highest BCUT2D eigenvalue weighted by molar-refractivity contribution is 14.1. The van der Waals surface area contributed by atoms with Crippen LogP contribution in [0.25, 0.3) is 5.57 Å². The second kappa shape index (κ2) is 13.0. The first kappa shape index (κ1) is 33.3. The second-order valence-electron chi connectivity index (χ2n) is 11.5. The third kappa shape index (κ3) is 6.72. The zero-order valence-electron chi connectivity index (χ0n) is 24.7. The highest BCUT2D eigenvalue weighted by Crippen LogP contribution is 2.52. The molecule has 0 saturated carbocycles. The third-order valence-electron chi connectivity index (χ3n) is 7.88. The summed E-state index contributed by atoms with van der Waals surface area (Å²) in [6.45, 7) is 15.3. The number of benzene rings is 1. The Kier molecular flexibility index (Phi) is 10.5. The molecule has 220 valence electrons. The molecular weight excluding hydrogens is 768 g/mol. The van der Waals surface area contributed by atoms with Crippen LogP contribution in [0, 0.1) is 31.5 Å². The molecule has 0 aromatic heterocycles. The van der Waals surface area contributed by atoms with E-state index in [4.69, 9.17) is 18.6 Å². The summed E-state index contributed by atoms with van der Waals surface area (Å²) in [5, 5.41) is -0.0431. The largest absolute Gasteiger partial charge is 0.543 e. The first-order chi connectivity index (χ1) is 19.1. The molecule has 0 unspecified atom stereocenters. The van der Waals surface area contributed by atoms with Gasteiger partial charge < -0.3 is 18.6 Å². The minimum Gasteiger partial charge on any atom is -0.543 e. The molecule has 11 heteroatoms. The van der Waals surface area contributed by atoms with Crippen molar-refractivity contribution >= 4 is 82.8 Å². The molecule has 1 aliphatic heterocycles. The predicted octanol–water partition coefficient (Wildman–Crippen LogP) is 6.70. The molecule has 0 fully saturated rings. The Bertz CT molecular complexity index is 1390. The van der Waals surface area contributed by atoms with Crippen molar-refractivity contribution in [1.29, 1.82) is 0 Å². The zero-order valence-corrected chi connectivity index (χ0v) is 30.0. The molecule has 1 heterocycles. The number of carbonyl (C=O) groups is 3. The van der Waals surface area contributed by atoms with Gasteiger partial charge in [-0.3, -0.25) is 14.5 Å². The molecule has 1 aliphatic carbocycles. The SMILES string of the molecule is COC(=O)N1c2ccc(O[Si](C)(C)C(C)(C)C)cc2C2=C([C@@H](C)[C@H](OC(C)=O)[C@H](OC(C)=O)[C@H]2C#CI)[C@@H]1C#CI. The van der Waals surface area contributed by atoms with Crippen LogP contribution in [0.15, 0.2) is 23.8 Å². The minimum absolute atomic E-state index is 0.0431.